The van der Waals surface area contributed by atoms with Crippen LogP contribution in [-0.4, -0.2) is 81.5 Å². The summed E-state index contributed by atoms with van der Waals surface area (Å²) in [4.78, 5) is 53.0. The van der Waals surface area contributed by atoms with Crippen molar-refractivity contribution in [2.24, 2.45) is 0 Å². The molecule has 2 saturated heterocycles. The zero-order valence-electron chi connectivity index (χ0n) is 21.0. The van der Waals surface area contributed by atoms with Gasteiger partial charge < -0.3 is 40.7 Å². The van der Waals surface area contributed by atoms with E-state index in [0.717, 1.165) is 10.6 Å². The minimum atomic E-state index is -4.93. The molecule has 2 aliphatic heterocycles. The number of aliphatic hydroxyl groups excluding tert-OH is 1. The van der Waals surface area contributed by atoms with Gasteiger partial charge in [0.05, 0.1) is 25.6 Å². The number of rotatable bonds is 10. The third-order valence-electron chi connectivity index (χ3n) is 6.39. The molecule has 0 aliphatic carbocycles. The second-order valence-electron chi connectivity index (χ2n) is 9.30. The maximum atomic E-state index is 12.8. The predicted molar refractivity (Wildman–Crippen MR) is 137 cm³/mol. The van der Waals surface area contributed by atoms with Gasteiger partial charge in [0.1, 0.15) is 36.4 Å². The fourth-order valence-corrected chi connectivity index (χ4v) is 5.89. The van der Waals surface area contributed by atoms with Crippen LogP contribution in [0.15, 0.2) is 35.8 Å². The van der Waals surface area contributed by atoms with E-state index < -0.39 is 71.3 Å². The molecule has 224 valence electrons. The van der Waals surface area contributed by atoms with Crippen LogP contribution in [0, 0.1) is 0 Å². The van der Waals surface area contributed by atoms with Gasteiger partial charge in [-0.3, -0.25) is 27.5 Å². The monoisotopic (exact) mass is 619 g/mol. The van der Waals surface area contributed by atoms with Crippen molar-refractivity contribution >= 4 is 38.3 Å². The number of nitrogen functional groups attached to an aromatic ring is 2. The van der Waals surface area contributed by atoms with Crippen molar-refractivity contribution in [3.8, 4) is 0 Å². The number of aromatic nitrogens is 5. The molecule has 0 bridgehead atoms. The zero-order valence-corrected chi connectivity index (χ0v) is 22.8. The smallest absolute Gasteiger partial charge is 0.399 e. The Bertz CT molecular complexity index is 1560. The number of aliphatic hydroxyl groups is 1. The average Bonchev–Trinajstić information content (AvgIpc) is 3.58. The standard InChI is InChI=1S/C20H27N7O12P2/c21-10-1-2-26(15(29)3-10)16-5-13(14(38-16)7-35-40(30,31)32)39-41(33,34)36-6-11-4-12(28)20(37-11)27-9-25-17-18(22)23-8-24-19(17)27/h1-3,8-9,11-14,16,20,28H,4-7,21H2,(H,33,34)(H2,22,23,24)(H2,30,31,32)/t11-,12+,13-,14+,16+,20+/m0/s1. The number of imidazole rings is 1. The molecule has 0 radical (unpaired) electrons. The Morgan fingerprint density at radius 3 is 2.56 bits per heavy atom. The predicted octanol–water partition coefficient (Wildman–Crippen LogP) is -0.600. The SMILES string of the molecule is Nc1ccn([C@H]2C[C@H](OP(=O)(O)OC[C@@H]3C[C@@H](O)[C@H](n4cnc5c(N)ncnc54)O3)[C@@H](COP(=O)(O)O)O2)c(=O)c1. The Morgan fingerprint density at radius 1 is 1.05 bits per heavy atom. The molecule has 19 nitrogen and oxygen atoms in total. The van der Waals surface area contributed by atoms with Crippen molar-refractivity contribution in [1.29, 1.82) is 0 Å². The van der Waals surface area contributed by atoms with Gasteiger partial charge in [-0.1, -0.05) is 0 Å². The van der Waals surface area contributed by atoms with E-state index in [1.807, 2.05) is 0 Å². The van der Waals surface area contributed by atoms with Crippen LogP contribution in [0.3, 0.4) is 0 Å². The highest BCUT2D eigenvalue weighted by Gasteiger charge is 2.44. The Balaban J connectivity index is 1.24. The van der Waals surface area contributed by atoms with Gasteiger partial charge in [0.25, 0.3) is 5.56 Å². The van der Waals surface area contributed by atoms with Gasteiger partial charge in [0, 0.05) is 30.8 Å². The van der Waals surface area contributed by atoms with Crippen molar-refractivity contribution in [3.63, 3.8) is 0 Å². The first kappa shape index (κ1) is 29.7. The molecule has 0 aromatic carbocycles. The van der Waals surface area contributed by atoms with E-state index in [1.165, 1.54) is 29.5 Å². The van der Waals surface area contributed by atoms with E-state index in [1.54, 1.807) is 0 Å². The van der Waals surface area contributed by atoms with Crippen LogP contribution in [-0.2, 0) is 32.2 Å². The quantitative estimate of drug-likeness (QED) is 0.154. The third-order valence-corrected chi connectivity index (χ3v) is 7.89. The minimum Gasteiger partial charge on any atom is -0.399 e. The van der Waals surface area contributed by atoms with Crippen LogP contribution < -0.4 is 17.0 Å². The topological polar surface area (TPSA) is 279 Å². The van der Waals surface area contributed by atoms with E-state index in [4.69, 9.17) is 39.8 Å². The van der Waals surface area contributed by atoms with Crippen LogP contribution >= 0.6 is 15.6 Å². The van der Waals surface area contributed by atoms with Gasteiger partial charge in [-0.25, -0.2) is 24.1 Å². The summed E-state index contributed by atoms with van der Waals surface area (Å²) in [5, 5.41) is 10.6. The highest BCUT2D eigenvalue weighted by molar-refractivity contribution is 7.47. The number of fused-ring (bicyclic) bond motifs is 1. The zero-order chi connectivity index (χ0) is 29.5. The van der Waals surface area contributed by atoms with Crippen LogP contribution in [0.2, 0.25) is 0 Å². The lowest BCUT2D eigenvalue weighted by atomic mass is 10.2. The Labute approximate surface area is 230 Å². The molecule has 3 aromatic rings. The van der Waals surface area contributed by atoms with Crippen molar-refractivity contribution in [3.05, 3.63) is 41.3 Å². The van der Waals surface area contributed by atoms with Gasteiger partial charge in [-0.2, -0.15) is 0 Å². The summed E-state index contributed by atoms with van der Waals surface area (Å²) in [6.07, 6.45) is -2.62. The third kappa shape index (κ3) is 6.82. The number of nitrogens with zero attached hydrogens (tertiary/aromatic N) is 5. The van der Waals surface area contributed by atoms with Gasteiger partial charge >= 0.3 is 15.6 Å². The molecule has 41 heavy (non-hydrogen) atoms. The summed E-state index contributed by atoms with van der Waals surface area (Å²) in [5.41, 5.74) is 11.7. The van der Waals surface area contributed by atoms with E-state index in [2.05, 4.69) is 19.5 Å². The van der Waals surface area contributed by atoms with Crippen molar-refractivity contribution in [1.82, 2.24) is 24.1 Å². The molecular formula is C20H27N7O12P2. The highest BCUT2D eigenvalue weighted by Crippen LogP contribution is 2.49. The second kappa shape index (κ2) is 11.5. The van der Waals surface area contributed by atoms with Gasteiger partial charge in [0.2, 0.25) is 0 Å². The number of hydrogen-bond donors (Lipinski definition) is 6. The molecule has 0 spiro atoms. The largest absolute Gasteiger partial charge is 0.472 e. The lowest BCUT2D eigenvalue weighted by Gasteiger charge is -2.22. The van der Waals surface area contributed by atoms with E-state index >= 15 is 0 Å². The van der Waals surface area contributed by atoms with Gasteiger partial charge in [-0.15, -0.1) is 0 Å². The molecule has 7 atom stereocenters. The molecule has 5 rings (SSSR count). The number of ether oxygens (including phenoxy) is 2. The second-order valence-corrected chi connectivity index (χ2v) is 11.9. The van der Waals surface area contributed by atoms with E-state index in [0.29, 0.717) is 11.2 Å². The molecule has 3 aromatic heterocycles. The molecular weight excluding hydrogens is 592 g/mol. The molecule has 8 N–H and O–H groups in total. The lowest BCUT2D eigenvalue weighted by Crippen LogP contribution is -2.29. The average molecular weight is 619 g/mol. The molecule has 0 saturated carbocycles. The van der Waals surface area contributed by atoms with E-state index in [9.17, 15) is 23.9 Å². The first-order chi connectivity index (χ1) is 19.3. The first-order valence-electron chi connectivity index (χ1n) is 12.0. The number of nitrogens with two attached hydrogens (primary N) is 2. The fourth-order valence-electron chi connectivity index (χ4n) is 4.57. The number of hydrogen-bond acceptors (Lipinski definition) is 14. The normalized spacial score (nSPS) is 28.3. The van der Waals surface area contributed by atoms with Gasteiger partial charge in [0.15, 0.2) is 17.7 Å². The van der Waals surface area contributed by atoms with Crippen molar-refractivity contribution in [2.75, 3.05) is 24.7 Å². The van der Waals surface area contributed by atoms with Crippen LogP contribution in [0.1, 0.15) is 25.3 Å². The highest BCUT2D eigenvalue weighted by atomic mass is 31.2. The number of phosphoric ester groups is 2. The van der Waals surface area contributed by atoms with Crippen LogP contribution in [0.25, 0.3) is 11.2 Å². The number of anilines is 2. The Hall–Kier alpha value is -2.80. The Kier molecular flexibility index (Phi) is 8.30. The molecule has 2 aliphatic rings. The minimum absolute atomic E-state index is 0.0261. The maximum absolute atomic E-state index is 12.8. The van der Waals surface area contributed by atoms with Crippen LogP contribution in [0.4, 0.5) is 11.5 Å². The first-order valence-corrected chi connectivity index (χ1v) is 15.1. The maximum Gasteiger partial charge on any atom is 0.472 e. The molecule has 21 heteroatoms. The summed E-state index contributed by atoms with van der Waals surface area (Å²) < 4.78 is 53.0. The summed E-state index contributed by atoms with van der Waals surface area (Å²) in [6.45, 7) is -1.19. The van der Waals surface area contributed by atoms with Crippen LogP contribution in [0.5, 0.6) is 0 Å². The summed E-state index contributed by atoms with van der Waals surface area (Å²) >= 11 is 0. The molecule has 0 amide bonds. The molecule has 1 unspecified atom stereocenters. The lowest BCUT2D eigenvalue weighted by molar-refractivity contribution is -0.0560. The number of pyridine rings is 1. The summed E-state index contributed by atoms with van der Waals surface area (Å²) in [5.74, 6) is 0.142. The summed E-state index contributed by atoms with van der Waals surface area (Å²) in [7, 11) is -9.76. The number of phosphoric acid groups is 2. The van der Waals surface area contributed by atoms with Gasteiger partial charge in [-0.05, 0) is 6.07 Å². The fraction of sp³-hybridized carbons (Fsp3) is 0.500. The summed E-state index contributed by atoms with van der Waals surface area (Å²) in [6, 6.07) is 2.56. The molecule has 5 heterocycles. The Morgan fingerprint density at radius 2 is 1.83 bits per heavy atom. The van der Waals surface area contributed by atoms with E-state index in [-0.39, 0.29) is 24.3 Å². The van der Waals surface area contributed by atoms with Crippen molar-refractivity contribution in [2.45, 2.75) is 49.7 Å². The van der Waals surface area contributed by atoms with Crippen molar-refractivity contribution < 1.29 is 52.0 Å². The molecule has 2 fully saturated rings.